The minimum absolute atomic E-state index is 0.0792. The van der Waals surface area contributed by atoms with Crippen molar-refractivity contribution in [3.63, 3.8) is 0 Å². The fourth-order valence-electron chi connectivity index (χ4n) is 3.05. The van der Waals surface area contributed by atoms with E-state index in [1.165, 1.54) is 16.4 Å². The summed E-state index contributed by atoms with van der Waals surface area (Å²) in [6, 6.07) is 13.6. The lowest BCUT2D eigenvalue weighted by atomic mass is 10.2. The number of nitrogens with zero attached hydrogens (tertiary/aromatic N) is 1. The van der Waals surface area contributed by atoms with Crippen molar-refractivity contribution in [3.8, 4) is 5.75 Å². The van der Waals surface area contributed by atoms with E-state index in [4.69, 9.17) is 9.47 Å². The summed E-state index contributed by atoms with van der Waals surface area (Å²) in [5.41, 5.74) is 1.35. The predicted molar refractivity (Wildman–Crippen MR) is 106 cm³/mol. The number of benzene rings is 2. The van der Waals surface area contributed by atoms with E-state index in [0.29, 0.717) is 18.8 Å². The zero-order valence-electron chi connectivity index (χ0n) is 16.0. The number of carbonyl (C=O) groups is 1. The van der Waals surface area contributed by atoms with Crippen LogP contribution in [0.25, 0.3) is 0 Å². The van der Waals surface area contributed by atoms with E-state index in [0.717, 1.165) is 24.8 Å². The molecule has 1 heterocycles. The van der Waals surface area contributed by atoms with E-state index in [9.17, 15) is 13.2 Å². The van der Waals surface area contributed by atoms with Crippen LogP contribution in [-0.4, -0.2) is 45.0 Å². The number of carbonyl (C=O) groups excluding carboxylic acids is 1. The number of sulfonamides is 1. The molecule has 0 aliphatic carbocycles. The Morgan fingerprint density at radius 1 is 1.00 bits per heavy atom. The van der Waals surface area contributed by atoms with Crippen molar-refractivity contribution in [3.05, 3.63) is 59.7 Å². The summed E-state index contributed by atoms with van der Waals surface area (Å²) < 4.78 is 37.7. The third-order valence-corrected chi connectivity index (χ3v) is 6.52. The van der Waals surface area contributed by atoms with Gasteiger partial charge in [-0.05, 0) is 50.1 Å². The van der Waals surface area contributed by atoms with Crippen LogP contribution in [0.3, 0.4) is 0 Å². The molecular weight excluding hydrogens is 378 g/mol. The van der Waals surface area contributed by atoms with Crippen molar-refractivity contribution in [2.75, 3.05) is 26.3 Å². The number of aryl methyl sites for hydroxylation is 1. The Morgan fingerprint density at radius 3 is 2.43 bits per heavy atom. The van der Waals surface area contributed by atoms with Crippen LogP contribution in [0.15, 0.2) is 53.4 Å². The molecule has 1 aliphatic heterocycles. The highest BCUT2D eigenvalue weighted by Gasteiger charge is 2.26. The predicted octanol–water partition coefficient (Wildman–Crippen LogP) is 3.41. The molecular formula is C21H25NO5S. The maximum absolute atomic E-state index is 12.8. The van der Waals surface area contributed by atoms with Crippen molar-refractivity contribution in [1.82, 2.24) is 4.31 Å². The van der Waals surface area contributed by atoms with Crippen molar-refractivity contribution < 1.29 is 22.7 Å². The van der Waals surface area contributed by atoms with Crippen LogP contribution in [-0.2, 0) is 14.8 Å². The normalized spacial score (nSPS) is 15.2. The first-order chi connectivity index (χ1) is 13.5. The minimum atomic E-state index is -3.58. The zero-order valence-corrected chi connectivity index (χ0v) is 16.8. The average Bonchev–Trinajstić information content (AvgIpc) is 2.73. The highest BCUT2D eigenvalue weighted by Crippen LogP contribution is 2.21. The molecule has 150 valence electrons. The Morgan fingerprint density at radius 2 is 1.71 bits per heavy atom. The molecule has 2 aromatic carbocycles. The SMILES string of the molecule is Cc1ccc(OCCOC(=O)c2cccc(S(=O)(=O)N3CCCCC3)c2)cc1. The molecule has 1 aliphatic rings. The number of hydrogen-bond donors (Lipinski definition) is 0. The van der Waals surface area contributed by atoms with Crippen LogP contribution in [0.4, 0.5) is 0 Å². The monoisotopic (exact) mass is 403 g/mol. The molecule has 2 aromatic rings. The van der Waals surface area contributed by atoms with Gasteiger partial charge in [0.25, 0.3) is 0 Å². The highest BCUT2D eigenvalue weighted by atomic mass is 32.2. The van der Waals surface area contributed by atoms with Gasteiger partial charge in [-0.15, -0.1) is 0 Å². The summed E-state index contributed by atoms with van der Waals surface area (Å²) in [6.07, 6.45) is 2.77. The molecule has 28 heavy (non-hydrogen) atoms. The number of piperidine rings is 1. The van der Waals surface area contributed by atoms with Gasteiger partial charge in [-0.2, -0.15) is 4.31 Å². The summed E-state index contributed by atoms with van der Waals surface area (Å²) in [6.45, 7) is 3.34. The van der Waals surface area contributed by atoms with Gasteiger partial charge < -0.3 is 9.47 Å². The van der Waals surface area contributed by atoms with Crippen molar-refractivity contribution >= 4 is 16.0 Å². The Bertz CT molecular complexity index is 903. The van der Waals surface area contributed by atoms with Gasteiger partial charge >= 0.3 is 5.97 Å². The van der Waals surface area contributed by atoms with Crippen LogP contribution in [0.2, 0.25) is 0 Å². The van der Waals surface area contributed by atoms with Gasteiger partial charge in [0.05, 0.1) is 10.5 Å². The summed E-state index contributed by atoms with van der Waals surface area (Å²) in [7, 11) is -3.58. The standard InChI is InChI=1S/C21H25NO5S/c1-17-8-10-19(11-9-17)26-14-15-27-21(23)18-6-5-7-20(16-18)28(24,25)22-12-3-2-4-13-22/h5-11,16H,2-4,12-15H2,1H3. The molecule has 0 amide bonds. The number of esters is 1. The van der Waals surface area contributed by atoms with Gasteiger partial charge in [-0.25, -0.2) is 13.2 Å². The van der Waals surface area contributed by atoms with E-state index < -0.39 is 16.0 Å². The quantitative estimate of drug-likeness (QED) is 0.523. The molecule has 0 aromatic heterocycles. The van der Waals surface area contributed by atoms with Gasteiger partial charge in [0.15, 0.2) is 0 Å². The molecule has 0 unspecified atom stereocenters. The van der Waals surface area contributed by atoms with Crippen LogP contribution in [0.1, 0.15) is 35.2 Å². The van der Waals surface area contributed by atoms with Crippen molar-refractivity contribution in [2.24, 2.45) is 0 Å². The van der Waals surface area contributed by atoms with Crippen molar-refractivity contribution in [2.45, 2.75) is 31.1 Å². The van der Waals surface area contributed by atoms with Gasteiger partial charge in [0.2, 0.25) is 10.0 Å². The zero-order chi connectivity index (χ0) is 20.0. The van der Waals surface area contributed by atoms with Gasteiger partial charge in [-0.3, -0.25) is 0 Å². The van der Waals surface area contributed by atoms with E-state index >= 15 is 0 Å². The number of rotatable bonds is 7. The molecule has 0 bridgehead atoms. The maximum atomic E-state index is 12.8. The Kier molecular flexibility index (Phi) is 6.70. The van der Waals surface area contributed by atoms with E-state index in [1.54, 1.807) is 12.1 Å². The second-order valence-electron chi connectivity index (χ2n) is 6.79. The number of ether oxygens (including phenoxy) is 2. The molecule has 0 saturated carbocycles. The minimum Gasteiger partial charge on any atom is -0.490 e. The summed E-state index contributed by atoms with van der Waals surface area (Å²) in [5, 5.41) is 0. The van der Waals surface area contributed by atoms with Crippen molar-refractivity contribution in [1.29, 1.82) is 0 Å². The van der Waals surface area contributed by atoms with Crippen LogP contribution in [0.5, 0.6) is 5.75 Å². The molecule has 0 spiro atoms. The third-order valence-electron chi connectivity index (χ3n) is 4.63. The Balaban J connectivity index is 1.56. The fourth-order valence-corrected chi connectivity index (χ4v) is 4.61. The van der Waals surface area contributed by atoms with Gasteiger partial charge in [0.1, 0.15) is 19.0 Å². The lowest BCUT2D eigenvalue weighted by Gasteiger charge is -2.25. The summed E-state index contributed by atoms with van der Waals surface area (Å²) in [4.78, 5) is 12.4. The maximum Gasteiger partial charge on any atom is 0.338 e. The van der Waals surface area contributed by atoms with Crippen LogP contribution >= 0.6 is 0 Å². The first kappa shape index (κ1) is 20.4. The smallest absolute Gasteiger partial charge is 0.338 e. The Labute approximate surface area is 166 Å². The average molecular weight is 404 g/mol. The molecule has 0 N–H and O–H groups in total. The van der Waals surface area contributed by atoms with Crippen LogP contribution in [0, 0.1) is 6.92 Å². The molecule has 3 rings (SSSR count). The lowest BCUT2D eigenvalue weighted by molar-refractivity contribution is 0.0450. The second-order valence-corrected chi connectivity index (χ2v) is 8.73. The molecule has 7 heteroatoms. The van der Waals surface area contributed by atoms with E-state index in [1.807, 2.05) is 31.2 Å². The Hall–Kier alpha value is -2.38. The number of hydrogen-bond acceptors (Lipinski definition) is 5. The topological polar surface area (TPSA) is 72.9 Å². The second kappa shape index (κ2) is 9.21. The molecule has 1 fully saturated rings. The van der Waals surface area contributed by atoms with Gasteiger partial charge in [-0.1, -0.05) is 30.2 Å². The van der Waals surface area contributed by atoms with Gasteiger partial charge in [0, 0.05) is 13.1 Å². The summed E-state index contributed by atoms with van der Waals surface area (Å²) >= 11 is 0. The first-order valence-electron chi connectivity index (χ1n) is 9.43. The third kappa shape index (κ3) is 5.11. The summed E-state index contributed by atoms with van der Waals surface area (Å²) in [5.74, 6) is 0.138. The molecule has 0 radical (unpaired) electrons. The first-order valence-corrected chi connectivity index (χ1v) is 10.9. The largest absolute Gasteiger partial charge is 0.490 e. The molecule has 1 saturated heterocycles. The molecule has 6 nitrogen and oxygen atoms in total. The lowest BCUT2D eigenvalue weighted by Crippen LogP contribution is -2.35. The highest BCUT2D eigenvalue weighted by molar-refractivity contribution is 7.89. The van der Waals surface area contributed by atoms with E-state index in [2.05, 4.69) is 0 Å². The van der Waals surface area contributed by atoms with Crippen LogP contribution < -0.4 is 4.74 Å². The fraction of sp³-hybridized carbons (Fsp3) is 0.381. The molecule has 0 atom stereocenters. The van der Waals surface area contributed by atoms with E-state index in [-0.39, 0.29) is 23.7 Å².